The molecule has 1 N–H and O–H groups in total. The molecule has 1 heterocycles. The van der Waals surface area contributed by atoms with Crippen molar-refractivity contribution in [2.75, 3.05) is 0 Å². The van der Waals surface area contributed by atoms with E-state index in [0.717, 1.165) is 6.07 Å². The van der Waals surface area contributed by atoms with E-state index in [1.807, 2.05) is 0 Å². The van der Waals surface area contributed by atoms with Crippen molar-refractivity contribution in [1.29, 1.82) is 0 Å². The summed E-state index contributed by atoms with van der Waals surface area (Å²) in [4.78, 5) is 3.75. The lowest BCUT2D eigenvalue weighted by molar-refractivity contribution is 0.400. The Bertz CT molecular complexity index is 470. The summed E-state index contributed by atoms with van der Waals surface area (Å²) >= 11 is 0. The molecule has 0 aliphatic rings. The number of phenolic OH excluding ortho intramolecular Hbond substituents is 1. The van der Waals surface area contributed by atoms with Crippen molar-refractivity contribution >= 4 is 10.9 Å². The van der Waals surface area contributed by atoms with Crippen LogP contribution in [-0.2, 0) is 0 Å². The third-order valence-corrected chi connectivity index (χ3v) is 1.77. The first-order valence-corrected chi connectivity index (χ1v) is 3.62. The van der Waals surface area contributed by atoms with Crippen LogP contribution in [0.2, 0.25) is 0 Å². The minimum absolute atomic E-state index is 0.112. The van der Waals surface area contributed by atoms with Gasteiger partial charge in [0.05, 0.1) is 5.52 Å². The Labute approximate surface area is 72.5 Å². The van der Waals surface area contributed by atoms with Gasteiger partial charge < -0.3 is 5.11 Å². The van der Waals surface area contributed by atoms with E-state index < -0.39 is 17.4 Å². The predicted molar refractivity (Wildman–Crippen MR) is 43.3 cm³/mol. The molecule has 0 aliphatic carbocycles. The third kappa shape index (κ3) is 1.11. The van der Waals surface area contributed by atoms with Gasteiger partial charge in [0, 0.05) is 17.6 Å². The van der Waals surface area contributed by atoms with E-state index in [0.29, 0.717) is 0 Å². The number of fused-ring (bicyclic) bond motifs is 1. The van der Waals surface area contributed by atoms with E-state index in [1.54, 1.807) is 0 Å². The fourth-order valence-electron chi connectivity index (χ4n) is 1.14. The van der Waals surface area contributed by atoms with Gasteiger partial charge in [-0.2, -0.15) is 0 Å². The maximum Gasteiger partial charge on any atom is 0.188 e. The zero-order chi connectivity index (χ0) is 9.42. The number of pyridine rings is 1. The molecule has 66 valence electrons. The molecule has 2 aromatic rings. The van der Waals surface area contributed by atoms with Gasteiger partial charge in [-0.15, -0.1) is 0 Å². The topological polar surface area (TPSA) is 33.1 Å². The van der Waals surface area contributed by atoms with Gasteiger partial charge in [-0.25, -0.2) is 8.78 Å². The molecule has 1 aromatic heterocycles. The van der Waals surface area contributed by atoms with Crippen LogP contribution in [0, 0.1) is 11.6 Å². The second kappa shape index (κ2) is 2.65. The molecule has 0 bridgehead atoms. The fourth-order valence-corrected chi connectivity index (χ4v) is 1.14. The summed E-state index contributed by atoms with van der Waals surface area (Å²) < 4.78 is 25.9. The molecule has 0 spiro atoms. The van der Waals surface area contributed by atoms with Crippen molar-refractivity contribution < 1.29 is 13.9 Å². The van der Waals surface area contributed by atoms with Crippen molar-refractivity contribution in [1.82, 2.24) is 4.98 Å². The molecule has 13 heavy (non-hydrogen) atoms. The van der Waals surface area contributed by atoms with Gasteiger partial charge >= 0.3 is 0 Å². The molecule has 0 radical (unpaired) electrons. The minimum Gasteiger partial charge on any atom is -0.503 e. The number of phenols is 1. The second-order valence-corrected chi connectivity index (χ2v) is 2.59. The van der Waals surface area contributed by atoms with Crippen LogP contribution >= 0.6 is 0 Å². The van der Waals surface area contributed by atoms with E-state index in [-0.39, 0.29) is 10.9 Å². The third-order valence-electron chi connectivity index (χ3n) is 1.77. The van der Waals surface area contributed by atoms with Gasteiger partial charge in [0.25, 0.3) is 0 Å². The summed E-state index contributed by atoms with van der Waals surface area (Å²) in [6.07, 6.45) is 1.43. The monoisotopic (exact) mass is 181 g/mol. The summed E-state index contributed by atoms with van der Waals surface area (Å²) in [5.74, 6) is -2.92. The highest BCUT2D eigenvalue weighted by atomic mass is 19.1. The van der Waals surface area contributed by atoms with Crippen LogP contribution in [0.25, 0.3) is 10.9 Å². The van der Waals surface area contributed by atoms with E-state index in [9.17, 15) is 8.78 Å². The van der Waals surface area contributed by atoms with E-state index in [2.05, 4.69) is 4.98 Å². The van der Waals surface area contributed by atoms with Crippen molar-refractivity contribution in [3.8, 4) is 5.75 Å². The number of hydrogen-bond acceptors (Lipinski definition) is 2. The Morgan fingerprint density at radius 3 is 2.85 bits per heavy atom. The quantitative estimate of drug-likeness (QED) is 0.675. The molecule has 2 nitrogen and oxygen atoms in total. The van der Waals surface area contributed by atoms with Gasteiger partial charge in [0.2, 0.25) is 0 Å². The molecule has 0 fully saturated rings. The number of nitrogens with zero attached hydrogens (tertiary/aromatic N) is 1. The first-order valence-electron chi connectivity index (χ1n) is 3.62. The molecule has 0 aliphatic heterocycles. The summed E-state index contributed by atoms with van der Waals surface area (Å²) in [5, 5.41) is 9.04. The minimum atomic E-state index is -0.997. The average molecular weight is 181 g/mol. The largest absolute Gasteiger partial charge is 0.503 e. The van der Waals surface area contributed by atoms with E-state index in [1.165, 1.54) is 18.3 Å². The number of aromatic hydroxyl groups is 1. The highest BCUT2D eigenvalue weighted by Gasteiger charge is 2.11. The van der Waals surface area contributed by atoms with Gasteiger partial charge in [-0.1, -0.05) is 0 Å². The van der Waals surface area contributed by atoms with Crippen molar-refractivity contribution in [3.63, 3.8) is 0 Å². The Morgan fingerprint density at radius 2 is 2.08 bits per heavy atom. The van der Waals surface area contributed by atoms with Crippen molar-refractivity contribution in [2.45, 2.75) is 0 Å². The fraction of sp³-hybridized carbons (Fsp3) is 0. The average Bonchev–Trinajstić information content (AvgIpc) is 2.15. The molecule has 4 heteroatoms. The summed E-state index contributed by atoms with van der Waals surface area (Å²) in [5.41, 5.74) is 0.190. The van der Waals surface area contributed by atoms with Gasteiger partial charge in [0.1, 0.15) is 0 Å². The van der Waals surface area contributed by atoms with E-state index >= 15 is 0 Å². The zero-order valence-corrected chi connectivity index (χ0v) is 6.46. The Morgan fingerprint density at radius 1 is 1.31 bits per heavy atom. The maximum atomic E-state index is 13.1. The van der Waals surface area contributed by atoms with Crippen LogP contribution in [0.5, 0.6) is 5.75 Å². The lowest BCUT2D eigenvalue weighted by Gasteiger charge is -2.01. The summed E-state index contributed by atoms with van der Waals surface area (Å²) in [6.45, 7) is 0. The maximum absolute atomic E-state index is 13.1. The smallest absolute Gasteiger partial charge is 0.188 e. The first-order chi connectivity index (χ1) is 6.20. The molecule has 0 unspecified atom stereocenters. The Kier molecular flexibility index (Phi) is 1.62. The molecule has 0 saturated heterocycles. The lowest BCUT2D eigenvalue weighted by atomic mass is 10.2. The molecular weight excluding hydrogens is 176 g/mol. The second-order valence-electron chi connectivity index (χ2n) is 2.59. The van der Waals surface area contributed by atoms with Crippen LogP contribution in [-0.4, -0.2) is 10.1 Å². The normalized spacial score (nSPS) is 10.6. The Balaban J connectivity index is 2.94. The zero-order valence-electron chi connectivity index (χ0n) is 6.46. The SMILES string of the molecule is Oc1c(F)cc2ncccc2c1F. The van der Waals surface area contributed by atoms with Crippen LogP contribution in [0.1, 0.15) is 0 Å². The molecular formula is C9H5F2NO. The summed E-state index contributed by atoms with van der Waals surface area (Å²) in [6, 6.07) is 3.94. The highest BCUT2D eigenvalue weighted by Crippen LogP contribution is 2.26. The molecule has 1 aromatic carbocycles. The van der Waals surface area contributed by atoms with Crippen molar-refractivity contribution in [3.05, 3.63) is 36.0 Å². The van der Waals surface area contributed by atoms with E-state index in [4.69, 9.17) is 5.11 Å². The number of aromatic nitrogens is 1. The number of hydrogen-bond donors (Lipinski definition) is 1. The van der Waals surface area contributed by atoms with Crippen LogP contribution in [0.4, 0.5) is 8.78 Å². The lowest BCUT2D eigenvalue weighted by Crippen LogP contribution is -1.87. The first kappa shape index (κ1) is 7.91. The van der Waals surface area contributed by atoms with Gasteiger partial charge in [-0.3, -0.25) is 4.98 Å². The van der Waals surface area contributed by atoms with Crippen LogP contribution in [0.15, 0.2) is 24.4 Å². The number of benzene rings is 1. The molecule has 0 amide bonds. The number of rotatable bonds is 0. The van der Waals surface area contributed by atoms with Crippen LogP contribution < -0.4 is 0 Å². The van der Waals surface area contributed by atoms with Crippen LogP contribution in [0.3, 0.4) is 0 Å². The summed E-state index contributed by atoms with van der Waals surface area (Å²) in [7, 11) is 0. The number of halogens is 2. The molecule has 0 atom stereocenters. The van der Waals surface area contributed by atoms with Crippen molar-refractivity contribution in [2.24, 2.45) is 0 Å². The standard InChI is InChI=1S/C9H5F2NO/c10-6-4-7-5(2-1-3-12-7)8(11)9(6)13/h1-4,13H. The predicted octanol–water partition coefficient (Wildman–Crippen LogP) is 2.22. The molecule has 0 saturated carbocycles. The van der Waals surface area contributed by atoms with Gasteiger partial charge in [-0.05, 0) is 12.1 Å². The van der Waals surface area contributed by atoms with Gasteiger partial charge in [0.15, 0.2) is 17.4 Å². The highest BCUT2D eigenvalue weighted by molar-refractivity contribution is 5.80. The molecule has 2 rings (SSSR count). The Hall–Kier alpha value is -1.71.